The van der Waals surface area contributed by atoms with Gasteiger partial charge in [0.1, 0.15) is 17.5 Å². The average Bonchev–Trinajstić information content (AvgIpc) is 3.44. The van der Waals surface area contributed by atoms with Crippen LogP contribution in [0, 0.1) is 11.6 Å². The van der Waals surface area contributed by atoms with Crippen LogP contribution in [-0.4, -0.2) is 45.4 Å². The van der Waals surface area contributed by atoms with E-state index in [-0.39, 0.29) is 11.6 Å². The van der Waals surface area contributed by atoms with Gasteiger partial charge in [0.25, 0.3) is 0 Å². The number of anilines is 3. The molecule has 1 aliphatic rings. The molecule has 35 heavy (non-hydrogen) atoms. The number of nitrogens with one attached hydrogen (secondary N) is 1. The van der Waals surface area contributed by atoms with Crippen molar-refractivity contribution in [2.24, 2.45) is 0 Å². The SMILES string of the molecule is CC.Fc1ccc(Nc2cc(-c3cncs3)nc(N3CCN(Sc4ccc(F)cc4)CC3)n2)cc1. The lowest BCUT2D eigenvalue weighted by atomic mass is 10.3. The summed E-state index contributed by atoms with van der Waals surface area (Å²) in [5, 5.41) is 3.25. The molecular weight excluding hydrogens is 486 g/mol. The fourth-order valence-electron chi connectivity index (χ4n) is 3.41. The lowest BCUT2D eigenvalue weighted by molar-refractivity contribution is 0.426. The first-order valence-corrected chi connectivity index (χ1v) is 13.0. The number of benzene rings is 2. The Morgan fingerprint density at radius 2 is 1.54 bits per heavy atom. The molecule has 1 N–H and O–H groups in total. The van der Waals surface area contributed by atoms with Gasteiger partial charge in [-0.1, -0.05) is 13.8 Å². The van der Waals surface area contributed by atoms with Crippen LogP contribution in [0.5, 0.6) is 0 Å². The molecule has 1 fully saturated rings. The summed E-state index contributed by atoms with van der Waals surface area (Å²) in [6.07, 6.45) is 1.79. The van der Waals surface area contributed by atoms with Crippen LogP contribution in [0.3, 0.4) is 0 Å². The fourth-order valence-corrected chi connectivity index (χ4v) is 4.90. The molecule has 0 saturated carbocycles. The van der Waals surface area contributed by atoms with Crippen LogP contribution in [0.25, 0.3) is 10.6 Å². The van der Waals surface area contributed by atoms with Crippen molar-refractivity contribution in [3.8, 4) is 10.6 Å². The Balaban J connectivity index is 0.00000141. The Kier molecular flexibility index (Phi) is 8.62. The van der Waals surface area contributed by atoms with E-state index in [2.05, 4.69) is 19.5 Å². The summed E-state index contributed by atoms with van der Waals surface area (Å²) in [4.78, 5) is 17.8. The molecule has 0 atom stereocenters. The molecule has 182 valence electrons. The van der Waals surface area contributed by atoms with E-state index in [0.29, 0.717) is 11.8 Å². The molecule has 2 aromatic carbocycles. The third kappa shape index (κ3) is 6.74. The summed E-state index contributed by atoms with van der Waals surface area (Å²) in [5.74, 6) is 0.757. The highest BCUT2D eigenvalue weighted by Gasteiger charge is 2.21. The maximum absolute atomic E-state index is 13.3. The van der Waals surface area contributed by atoms with Gasteiger partial charge >= 0.3 is 0 Å². The number of hydrogen-bond donors (Lipinski definition) is 1. The van der Waals surface area contributed by atoms with E-state index in [1.165, 1.54) is 35.6 Å². The minimum atomic E-state index is -0.286. The van der Waals surface area contributed by atoms with E-state index in [9.17, 15) is 8.78 Å². The highest BCUT2D eigenvalue weighted by molar-refractivity contribution is 7.97. The van der Waals surface area contributed by atoms with E-state index < -0.39 is 0 Å². The van der Waals surface area contributed by atoms with Crippen LogP contribution in [0.4, 0.5) is 26.2 Å². The smallest absolute Gasteiger partial charge is 0.228 e. The van der Waals surface area contributed by atoms with Crippen LogP contribution in [0.15, 0.2) is 71.2 Å². The lowest BCUT2D eigenvalue weighted by Crippen LogP contribution is -2.44. The molecule has 5 rings (SSSR count). The van der Waals surface area contributed by atoms with E-state index >= 15 is 0 Å². The molecule has 10 heteroatoms. The van der Waals surface area contributed by atoms with Crippen molar-refractivity contribution in [2.45, 2.75) is 18.7 Å². The summed E-state index contributed by atoms with van der Waals surface area (Å²) < 4.78 is 28.7. The number of hydrogen-bond acceptors (Lipinski definition) is 8. The topological polar surface area (TPSA) is 57.2 Å². The average molecular weight is 513 g/mol. The minimum Gasteiger partial charge on any atom is -0.340 e. The van der Waals surface area contributed by atoms with E-state index in [0.717, 1.165) is 47.3 Å². The van der Waals surface area contributed by atoms with Crippen LogP contribution in [0.1, 0.15) is 13.8 Å². The van der Waals surface area contributed by atoms with Crippen molar-refractivity contribution >= 4 is 40.7 Å². The first kappa shape index (κ1) is 25.0. The second-order valence-corrected chi connectivity index (χ2v) is 9.45. The van der Waals surface area contributed by atoms with Crippen molar-refractivity contribution in [1.29, 1.82) is 0 Å². The number of halogens is 2. The molecule has 0 unspecified atom stereocenters. The predicted octanol–water partition coefficient (Wildman–Crippen LogP) is 6.48. The van der Waals surface area contributed by atoms with Crippen molar-refractivity contribution in [3.05, 3.63) is 77.9 Å². The van der Waals surface area contributed by atoms with Gasteiger partial charge in [-0.2, -0.15) is 4.98 Å². The predicted molar refractivity (Wildman–Crippen MR) is 140 cm³/mol. The second kappa shape index (κ2) is 12.1. The molecule has 3 heterocycles. The Morgan fingerprint density at radius 1 is 0.886 bits per heavy atom. The number of nitrogens with zero attached hydrogens (tertiary/aromatic N) is 5. The molecule has 0 spiro atoms. The highest BCUT2D eigenvalue weighted by atomic mass is 32.2. The Bertz CT molecular complexity index is 1200. The Labute approximate surface area is 212 Å². The van der Waals surface area contributed by atoms with Gasteiger partial charge in [0.2, 0.25) is 5.95 Å². The third-order valence-corrected chi connectivity index (χ3v) is 6.99. The van der Waals surface area contributed by atoms with Crippen LogP contribution >= 0.6 is 23.3 Å². The number of thiazole rings is 1. The monoisotopic (exact) mass is 512 g/mol. The standard InChI is InChI=1S/C23H20F2N6S2.C2H6/c24-16-1-5-18(6-2-16)27-22-13-20(21-14-26-15-32-21)28-23(29-22)30-9-11-31(12-10-30)33-19-7-3-17(25)4-8-19;1-2/h1-8,13-15H,9-12H2,(H,27,28,29);1-2H3. The maximum Gasteiger partial charge on any atom is 0.228 e. The van der Waals surface area contributed by atoms with Crippen molar-refractivity contribution in [1.82, 2.24) is 19.3 Å². The van der Waals surface area contributed by atoms with Gasteiger partial charge in [-0.05, 0) is 60.5 Å². The van der Waals surface area contributed by atoms with Gasteiger partial charge in [-0.15, -0.1) is 11.3 Å². The molecule has 0 amide bonds. The summed E-state index contributed by atoms with van der Waals surface area (Å²) in [7, 11) is 0. The molecule has 0 bridgehead atoms. The molecule has 4 aromatic rings. The zero-order valence-electron chi connectivity index (χ0n) is 19.5. The molecule has 2 aromatic heterocycles. The van der Waals surface area contributed by atoms with Crippen molar-refractivity contribution in [3.63, 3.8) is 0 Å². The first-order chi connectivity index (χ1) is 17.1. The summed E-state index contributed by atoms with van der Waals surface area (Å²) in [6.45, 7) is 7.15. The highest BCUT2D eigenvalue weighted by Crippen LogP contribution is 2.29. The van der Waals surface area contributed by atoms with Gasteiger partial charge in [-0.3, -0.25) is 4.98 Å². The zero-order chi connectivity index (χ0) is 24.6. The maximum atomic E-state index is 13.3. The number of rotatable bonds is 6. The van der Waals surface area contributed by atoms with Gasteiger partial charge in [0.15, 0.2) is 0 Å². The zero-order valence-corrected chi connectivity index (χ0v) is 21.1. The minimum absolute atomic E-state index is 0.229. The third-order valence-electron chi connectivity index (χ3n) is 5.09. The van der Waals surface area contributed by atoms with E-state index in [4.69, 9.17) is 9.97 Å². The van der Waals surface area contributed by atoms with Gasteiger partial charge in [0.05, 0.1) is 16.1 Å². The molecule has 0 aliphatic carbocycles. The van der Waals surface area contributed by atoms with Crippen LogP contribution in [0.2, 0.25) is 0 Å². The summed E-state index contributed by atoms with van der Waals surface area (Å²) in [6, 6.07) is 14.6. The summed E-state index contributed by atoms with van der Waals surface area (Å²) >= 11 is 3.14. The Hall–Kier alpha value is -3.08. The normalized spacial score (nSPS) is 13.8. The number of aromatic nitrogens is 3. The molecular formula is C25H26F2N6S2. The van der Waals surface area contributed by atoms with E-state index in [1.807, 2.05) is 19.9 Å². The van der Waals surface area contributed by atoms with Crippen LogP contribution < -0.4 is 10.2 Å². The van der Waals surface area contributed by atoms with Gasteiger partial charge in [-0.25, -0.2) is 18.1 Å². The second-order valence-electron chi connectivity index (χ2n) is 7.40. The van der Waals surface area contributed by atoms with Crippen LogP contribution in [-0.2, 0) is 0 Å². The molecule has 6 nitrogen and oxygen atoms in total. The van der Waals surface area contributed by atoms with Gasteiger partial charge in [0, 0.05) is 49.0 Å². The Morgan fingerprint density at radius 3 is 2.17 bits per heavy atom. The fraction of sp³-hybridized carbons (Fsp3) is 0.240. The molecule has 0 radical (unpaired) electrons. The lowest BCUT2D eigenvalue weighted by Gasteiger charge is -2.34. The van der Waals surface area contributed by atoms with Crippen molar-refractivity contribution in [2.75, 3.05) is 36.4 Å². The first-order valence-electron chi connectivity index (χ1n) is 11.4. The quantitative estimate of drug-likeness (QED) is 0.297. The molecule has 1 saturated heterocycles. The molecule has 1 aliphatic heterocycles. The number of piperazine rings is 1. The van der Waals surface area contributed by atoms with Gasteiger partial charge < -0.3 is 10.2 Å². The summed E-state index contributed by atoms with van der Waals surface area (Å²) in [5.41, 5.74) is 3.31. The van der Waals surface area contributed by atoms with E-state index in [1.54, 1.807) is 47.9 Å². The van der Waals surface area contributed by atoms with Crippen molar-refractivity contribution < 1.29 is 8.78 Å². The largest absolute Gasteiger partial charge is 0.340 e.